The predicted octanol–water partition coefficient (Wildman–Crippen LogP) is -1.39. The second-order valence-electron chi connectivity index (χ2n) is 4.60. The molecule has 0 aromatic carbocycles. The maximum atomic E-state index is 11.8. The predicted molar refractivity (Wildman–Crippen MR) is 75.1 cm³/mol. The highest BCUT2D eigenvalue weighted by atomic mass is 16.5. The van der Waals surface area contributed by atoms with Gasteiger partial charge >= 0.3 is 12.0 Å². The zero-order valence-electron chi connectivity index (χ0n) is 12.3. The van der Waals surface area contributed by atoms with E-state index >= 15 is 0 Å². The molecule has 1 aliphatic heterocycles. The van der Waals surface area contributed by atoms with E-state index in [0.29, 0.717) is 5.95 Å². The summed E-state index contributed by atoms with van der Waals surface area (Å²) in [5.41, 5.74) is 0. The number of methoxy groups -OCH3 is 1. The molecule has 0 bridgehead atoms. The second-order valence-corrected chi connectivity index (χ2v) is 4.60. The van der Waals surface area contributed by atoms with Gasteiger partial charge in [-0.25, -0.2) is 0 Å². The van der Waals surface area contributed by atoms with Gasteiger partial charge in [0.2, 0.25) is 23.8 Å². The minimum absolute atomic E-state index is 0.0330. The third-order valence-corrected chi connectivity index (χ3v) is 2.81. The van der Waals surface area contributed by atoms with Gasteiger partial charge in [-0.2, -0.15) is 15.0 Å². The molecule has 1 saturated heterocycles. The van der Waals surface area contributed by atoms with Crippen LogP contribution in [-0.2, 0) is 9.59 Å². The van der Waals surface area contributed by atoms with Gasteiger partial charge < -0.3 is 14.7 Å². The standard InChI is InChI=1S/C11H15N7O4/c1-16(2)9-13-10(15-11(14-9)22-3)18-4-6(19)17(8(18)12)5-7(20)21/h12H,4-5H2,1-3H3,(H,20,21). The van der Waals surface area contributed by atoms with Crippen LogP contribution >= 0.6 is 0 Å². The van der Waals surface area contributed by atoms with Crippen molar-refractivity contribution in [2.75, 3.05) is 44.1 Å². The monoisotopic (exact) mass is 309 g/mol. The molecule has 0 saturated carbocycles. The number of anilines is 2. The molecule has 0 aliphatic carbocycles. The smallest absolute Gasteiger partial charge is 0.323 e. The Kier molecular flexibility index (Phi) is 4.06. The highest BCUT2D eigenvalue weighted by Crippen LogP contribution is 2.20. The van der Waals surface area contributed by atoms with Crippen LogP contribution in [0, 0.1) is 5.41 Å². The number of aliphatic carboxylic acids is 1. The van der Waals surface area contributed by atoms with Gasteiger partial charge in [-0.15, -0.1) is 0 Å². The van der Waals surface area contributed by atoms with E-state index in [4.69, 9.17) is 15.3 Å². The summed E-state index contributed by atoms with van der Waals surface area (Å²) in [6.07, 6.45) is 0. The van der Waals surface area contributed by atoms with E-state index in [2.05, 4.69) is 15.0 Å². The molecule has 0 radical (unpaired) electrons. The van der Waals surface area contributed by atoms with E-state index < -0.39 is 18.4 Å². The van der Waals surface area contributed by atoms with Gasteiger partial charge in [0.15, 0.2) is 0 Å². The van der Waals surface area contributed by atoms with E-state index in [1.165, 1.54) is 12.0 Å². The quantitative estimate of drug-likeness (QED) is 0.673. The number of carbonyl (C=O) groups is 2. The first-order valence-electron chi connectivity index (χ1n) is 6.19. The van der Waals surface area contributed by atoms with Crippen molar-refractivity contribution in [3.8, 4) is 6.01 Å². The Bertz CT molecular complexity index is 633. The summed E-state index contributed by atoms with van der Waals surface area (Å²) in [4.78, 5) is 38.4. The first-order valence-corrected chi connectivity index (χ1v) is 6.19. The Balaban J connectivity index is 2.36. The molecule has 11 heteroatoms. The Hall–Kier alpha value is -2.98. The second kappa shape index (κ2) is 5.79. The number of amides is 1. The Labute approximate surface area is 125 Å². The first kappa shape index (κ1) is 15.4. The molecular formula is C11H15N7O4. The first-order chi connectivity index (χ1) is 10.3. The highest BCUT2D eigenvalue weighted by Gasteiger charge is 2.37. The van der Waals surface area contributed by atoms with Crippen molar-refractivity contribution in [1.29, 1.82) is 5.41 Å². The van der Waals surface area contributed by atoms with E-state index in [1.807, 2.05) is 0 Å². The molecular weight excluding hydrogens is 294 g/mol. The number of carboxylic acids is 1. The van der Waals surface area contributed by atoms with Crippen LogP contribution in [0.4, 0.5) is 11.9 Å². The van der Waals surface area contributed by atoms with Crippen LogP contribution in [0.1, 0.15) is 0 Å². The fourth-order valence-electron chi connectivity index (χ4n) is 1.77. The van der Waals surface area contributed by atoms with Crippen LogP contribution in [0.25, 0.3) is 0 Å². The van der Waals surface area contributed by atoms with Gasteiger partial charge in [0, 0.05) is 14.1 Å². The number of carboxylic acid groups (broad SMARTS) is 1. The number of carbonyl (C=O) groups excluding carboxylic acids is 1. The molecule has 2 heterocycles. The molecule has 2 N–H and O–H groups in total. The number of ether oxygens (including phenoxy) is 1. The summed E-state index contributed by atoms with van der Waals surface area (Å²) in [7, 11) is 4.82. The van der Waals surface area contributed by atoms with Crippen molar-refractivity contribution in [3.63, 3.8) is 0 Å². The van der Waals surface area contributed by atoms with E-state index in [1.54, 1.807) is 19.0 Å². The van der Waals surface area contributed by atoms with Gasteiger partial charge in [0.25, 0.3) is 0 Å². The van der Waals surface area contributed by atoms with Crippen LogP contribution < -0.4 is 14.5 Å². The summed E-state index contributed by atoms with van der Waals surface area (Å²) in [5, 5.41) is 16.7. The Morgan fingerprint density at radius 1 is 1.41 bits per heavy atom. The van der Waals surface area contributed by atoms with Gasteiger partial charge in [-0.3, -0.25) is 24.8 Å². The van der Waals surface area contributed by atoms with Crippen molar-refractivity contribution in [2.24, 2.45) is 0 Å². The maximum Gasteiger partial charge on any atom is 0.323 e. The van der Waals surface area contributed by atoms with Gasteiger partial charge in [-0.05, 0) is 0 Å². The van der Waals surface area contributed by atoms with Gasteiger partial charge in [0.05, 0.1) is 7.11 Å². The van der Waals surface area contributed by atoms with E-state index in [-0.39, 0.29) is 24.5 Å². The Morgan fingerprint density at radius 2 is 2.09 bits per heavy atom. The summed E-state index contributed by atoms with van der Waals surface area (Å²) in [5.74, 6) is -1.69. The van der Waals surface area contributed by atoms with Crippen LogP contribution in [0.5, 0.6) is 6.01 Å². The maximum absolute atomic E-state index is 11.8. The lowest BCUT2D eigenvalue weighted by Crippen LogP contribution is -2.38. The number of nitrogens with zero attached hydrogens (tertiary/aromatic N) is 6. The highest BCUT2D eigenvalue weighted by molar-refractivity contribution is 6.13. The zero-order chi connectivity index (χ0) is 16.4. The molecule has 22 heavy (non-hydrogen) atoms. The van der Waals surface area contributed by atoms with Gasteiger partial charge in [0.1, 0.15) is 13.1 Å². The third-order valence-electron chi connectivity index (χ3n) is 2.81. The van der Waals surface area contributed by atoms with Crippen LogP contribution in [-0.4, -0.2) is 77.1 Å². The molecule has 1 aromatic heterocycles. The molecule has 0 unspecified atom stereocenters. The molecule has 1 fully saturated rings. The number of aromatic nitrogens is 3. The topological polar surface area (TPSA) is 136 Å². The molecule has 118 valence electrons. The molecule has 1 amide bonds. The summed E-state index contributed by atoms with van der Waals surface area (Å²) >= 11 is 0. The molecule has 1 aliphatic rings. The number of rotatable bonds is 5. The SMILES string of the molecule is COc1nc(N(C)C)nc(N2CC(=O)N(CC(=O)O)C2=N)n1. The normalized spacial score (nSPS) is 14.5. The number of nitrogens with one attached hydrogen (secondary N) is 1. The minimum atomic E-state index is -1.21. The van der Waals surface area contributed by atoms with Crippen molar-refractivity contribution in [2.45, 2.75) is 0 Å². The number of guanidine groups is 1. The minimum Gasteiger partial charge on any atom is -0.480 e. The van der Waals surface area contributed by atoms with E-state index in [0.717, 1.165) is 4.90 Å². The zero-order valence-corrected chi connectivity index (χ0v) is 12.3. The summed E-state index contributed by atoms with van der Waals surface area (Å²) in [6, 6.07) is 0.0330. The molecule has 11 nitrogen and oxygen atoms in total. The average Bonchev–Trinajstić information content (AvgIpc) is 2.74. The fourth-order valence-corrected chi connectivity index (χ4v) is 1.77. The van der Waals surface area contributed by atoms with Crippen molar-refractivity contribution in [1.82, 2.24) is 19.9 Å². The lowest BCUT2D eigenvalue weighted by Gasteiger charge is -2.19. The van der Waals surface area contributed by atoms with Crippen LogP contribution in [0.15, 0.2) is 0 Å². The lowest BCUT2D eigenvalue weighted by molar-refractivity contribution is -0.140. The Morgan fingerprint density at radius 3 is 2.64 bits per heavy atom. The summed E-state index contributed by atoms with van der Waals surface area (Å²) in [6.45, 7) is -0.803. The molecule has 0 atom stereocenters. The fraction of sp³-hybridized carbons (Fsp3) is 0.455. The average molecular weight is 309 g/mol. The van der Waals surface area contributed by atoms with Crippen molar-refractivity contribution < 1.29 is 19.4 Å². The molecule has 2 rings (SSSR count). The molecule has 0 spiro atoms. The third kappa shape index (κ3) is 2.87. The summed E-state index contributed by atoms with van der Waals surface area (Å²) < 4.78 is 4.98. The lowest BCUT2D eigenvalue weighted by atomic mass is 10.5. The van der Waals surface area contributed by atoms with Crippen LogP contribution in [0.3, 0.4) is 0 Å². The van der Waals surface area contributed by atoms with Crippen LogP contribution in [0.2, 0.25) is 0 Å². The number of hydrogen-bond donors (Lipinski definition) is 2. The largest absolute Gasteiger partial charge is 0.480 e. The molecule has 1 aromatic rings. The van der Waals surface area contributed by atoms with Crippen molar-refractivity contribution >= 4 is 29.7 Å². The van der Waals surface area contributed by atoms with Crippen molar-refractivity contribution in [3.05, 3.63) is 0 Å². The van der Waals surface area contributed by atoms with Gasteiger partial charge in [-0.1, -0.05) is 0 Å². The van der Waals surface area contributed by atoms with E-state index in [9.17, 15) is 9.59 Å². The number of hydrogen-bond acceptors (Lipinski definition) is 8.